The number of furan rings is 1. The maximum absolute atomic E-state index is 11.7. The van der Waals surface area contributed by atoms with E-state index in [0.717, 1.165) is 5.76 Å². The van der Waals surface area contributed by atoms with Crippen LogP contribution in [0.5, 0.6) is 0 Å². The van der Waals surface area contributed by atoms with Gasteiger partial charge in [0.2, 0.25) is 5.91 Å². The third-order valence-corrected chi connectivity index (χ3v) is 2.69. The van der Waals surface area contributed by atoms with Crippen LogP contribution in [0, 0.1) is 12.8 Å². The van der Waals surface area contributed by atoms with E-state index in [0.29, 0.717) is 5.76 Å². The highest BCUT2D eigenvalue weighted by Crippen LogP contribution is 2.09. The van der Waals surface area contributed by atoms with Gasteiger partial charge >= 0.3 is 5.97 Å². The Hall–Kier alpha value is -2.04. The molecule has 2 N–H and O–H groups in total. The predicted octanol–water partition coefficient (Wildman–Crippen LogP) is 2.22. The van der Waals surface area contributed by atoms with Crippen molar-refractivity contribution in [2.24, 2.45) is 5.92 Å². The predicted molar refractivity (Wildman–Crippen MR) is 71.5 cm³/mol. The van der Waals surface area contributed by atoms with Crippen LogP contribution in [0.15, 0.2) is 22.6 Å². The molecule has 1 unspecified atom stereocenters. The molecule has 0 aliphatic heterocycles. The highest BCUT2D eigenvalue weighted by Gasteiger charge is 2.18. The van der Waals surface area contributed by atoms with E-state index >= 15 is 0 Å². The molecule has 1 amide bonds. The standard InChI is InChI=1S/C14H19NO4/c1-9(2)12(8-14(17)18)15-13(16)7-6-11-5-4-10(3)19-11/h4-7,9,12H,8H2,1-3H3,(H,15,16)(H,17,18)/b7-6+. The normalized spacial score (nSPS) is 12.8. The van der Waals surface area contributed by atoms with E-state index in [1.54, 1.807) is 18.2 Å². The molecule has 1 atom stereocenters. The van der Waals surface area contributed by atoms with Gasteiger partial charge in [-0.2, -0.15) is 0 Å². The zero-order valence-corrected chi connectivity index (χ0v) is 11.3. The summed E-state index contributed by atoms with van der Waals surface area (Å²) < 4.78 is 5.29. The van der Waals surface area contributed by atoms with Crippen LogP contribution in [0.1, 0.15) is 31.8 Å². The van der Waals surface area contributed by atoms with Crippen LogP contribution in [0.3, 0.4) is 0 Å². The van der Waals surface area contributed by atoms with Crippen molar-refractivity contribution in [2.45, 2.75) is 33.2 Å². The van der Waals surface area contributed by atoms with Crippen molar-refractivity contribution in [3.63, 3.8) is 0 Å². The van der Waals surface area contributed by atoms with E-state index in [4.69, 9.17) is 9.52 Å². The molecule has 0 aliphatic carbocycles. The fourth-order valence-electron chi connectivity index (χ4n) is 1.57. The number of carbonyl (C=O) groups excluding carboxylic acids is 1. The molecule has 1 rings (SSSR count). The molecule has 5 heteroatoms. The number of carbonyl (C=O) groups is 2. The van der Waals surface area contributed by atoms with Crippen LogP contribution < -0.4 is 5.32 Å². The van der Waals surface area contributed by atoms with Gasteiger partial charge in [-0.25, -0.2) is 0 Å². The van der Waals surface area contributed by atoms with Crippen LogP contribution in [0.2, 0.25) is 0 Å². The summed E-state index contributed by atoms with van der Waals surface area (Å²) in [6.07, 6.45) is 2.81. The summed E-state index contributed by atoms with van der Waals surface area (Å²) in [6.45, 7) is 5.56. The van der Waals surface area contributed by atoms with E-state index in [9.17, 15) is 9.59 Å². The van der Waals surface area contributed by atoms with Gasteiger partial charge in [0.1, 0.15) is 11.5 Å². The van der Waals surface area contributed by atoms with Gasteiger partial charge < -0.3 is 14.8 Å². The molecule has 0 radical (unpaired) electrons. The molecule has 0 aliphatic rings. The molecule has 0 saturated carbocycles. The number of amides is 1. The molecular formula is C14H19NO4. The fourth-order valence-corrected chi connectivity index (χ4v) is 1.57. The Bertz CT molecular complexity index is 474. The zero-order valence-electron chi connectivity index (χ0n) is 11.3. The van der Waals surface area contributed by atoms with Gasteiger partial charge in [-0.15, -0.1) is 0 Å². The van der Waals surface area contributed by atoms with Crippen molar-refractivity contribution in [2.75, 3.05) is 0 Å². The van der Waals surface area contributed by atoms with Crippen molar-refractivity contribution in [3.8, 4) is 0 Å². The molecule has 0 spiro atoms. The highest BCUT2D eigenvalue weighted by molar-refractivity contribution is 5.91. The molecule has 104 valence electrons. The average molecular weight is 265 g/mol. The van der Waals surface area contributed by atoms with Gasteiger partial charge in [-0.3, -0.25) is 9.59 Å². The smallest absolute Gasteiger partial charge is 0.305 e. The highest BCUT2D eigenvalue weighted by atomic mass is 16.4. The van der Waals surface area contributed by atoms with Gasteiger partial charge in [0.15, 0.2) is 0 Å². The van der Waals surface area contributed by atoms with Gasteiger partial charge in [0.25, 0.3) is 0 Å². The monoisotopic (exact) mass is 265 g/mol. The largest absolute Gasteiger partial charge is 0.481 e. The number of aliphatic carboxylic acids is 1. The quantitative estimate of drug-likeness (QED) is 0.773. The molecule has 0 aromatic carbocycles. The first-order valence-electron chi connectivity index (χ1n) is 6.15. The summed E-state index contributed by atoms with van der Waals surface area (Å²) in [4.78, 5) is 22.4. The summed E-state index contributed by atoms with van der Waals surface area (Å²) in [5.74, 6) is 0.163. The van der Waals surface area contributed by atoms with E-state index in [1.165, 1.54) is 6.08 Å². The Morgan fingerprint density at radius 1 is 1.42 bits per heavy atom. The van der Waals surface area contributed by atoms with E-state index in [2.05, 4.69) is 5.32 Å². The molecule has 5 nitrogen and oxygen atoms in total. The lowest BCUT2D eigenvalue weighted by molar-refractivity contribution is -0.138. The van der Waals surface area contributed by atoms with E-state index in [1.807, 2.05) is 20.8 Å². The van der Waals surface area contributed by atoms with Crippen LogP contribution in [0.4, 0.5) is 0 Å². The number of hydrogen-bond acceptors (Lipinski definition) is 3. The molecular weight excluding hydrogens is 246 g/mol. The first kappa shape index (κ1) is 15.0. The van der Waals surface area contributed by atoms with E-state index < -0.39 is 5.97 Å². The zero-order chi connectivity index (χ0) is 14.4. The number of nitrogens with one attached hydrogen (secondary N) is 1. The summed E-state index contributed by atoms with van der Waals surface area (Å²) in [6, 6.07) is 3.18. The second kappa shape index (κ2) is 6.78. The maximum atomic E-state index is 11.7. The first-order chi connectivity index (χ1) is 8.88. The lowest BCUT2D eigenvalue weighted by atomic mass is 10.0. The fraction of sp³-hybridized carbons (Fsp3) is 0.429. The third-order valence-electron chi connectivity index (χ3n) is 2.69. The summed E-state index contributed by atoms with van der Waals surface area (Å²) >= 11 is 0. The van der Waals surface area contributed by atoms with Crippen molar-refractivity contribution in [3.05, 3.63) is 29.7 Å². The average Bonchev–Trinajstić information content (AvgIpc) is 2.71. The Balaban J connectivity index is 2.57. The molecule has 0 bridgehead atoms. The second-order valence-corrected chi connectivity index (χ2v) is 4.74. The minimum absolute atomic E-state index is 0.0549. The van der Waals surface area contributed by atoms with E-state index in [-0.39, 0.29) is 24.3 Å². The third kappa shape index (κ3) is 5.42. The van der Waals surface area contributed by atoms with Crippen molar-refractivity contribution < 1.29 is 19.1 Å². The molecule has 1 aromatic heterocycles. The minimum Gasteiger partial charge on any atom is -0.481 e. The van der Waals surface area contributed by atoms with Crippen molar-refractivity contribution in [1.82, 2.24) is 5.32 Å². The molecule has 0 fully saturated rings. The summed E-state index contributed by atoms with van der Waals surface area (Å²) in [5.41, 5.74) is 0. The SMILES string of the molecule is Cc1ccc(/C=C/C(=O)NC(CC(=O)O)C(C)C)o1. The molecule has 19 heavy (non-hydrogen) atoms. The van der Waals surface area contributed by atoms with Gasteiger partial charge in [-0.05, 0) is 31.1 Å². The van der Waals surface area contributed by atoms with Gasteiger partial charge in [0, 0.05) is 12.1 Å². The van der Waals surface area contributed by atoms with Crippen molar-refractivity contribution in [1.29, 1.82) is 0 Å². The lowest BCUT2D eigenvalue weighted by Gasteiger charge is -2.19. The first-order valence-corrected chi connectivity index (χ1v) is 6.15. The minimum atomic E-state index is -0.926. The molecule has 1 aromatic rings. The van der Waals surface area contributed by atoms with Crippen LogP contribution >= 0.6 is 0 Å². The second-order valence-electron chi connectivity index (χ2n) is 4.74. The Labute approximate surface area is 112 Å². The summed E-state index contributed by atoms with van der Waals surface area (Å²) in [7, 11) is 0. The Kier molecular flexibility index (Phi) is 5.36. The maximum Gasteiger partial charge on any atom is 0.305 e. The Morgan fingerprint density at radius 3 is 2.58 bits per heavy atom. The summed E-state index contributed by atoms with van der Waals surface area (Å²) in [5, 5.41) is 11.4. The number of hydrogen-bond donors (Lipinski definition) is 2. The number of carboxylic acids is 1. The number of carboxylic acid groups (broad SMARTS) is 1. The number of rotatable bonds is 6. The molecule has 0 saturated heterocycles. The van der Waals surface area contributed by atoms with Crippen LogP contribution in [-0.4, -0.2) is 23.0 Å². The molecule has 1 heterocycles. The topological polar surface area (TPSA) is 79.5 Å². The van der Waals surface area contributed by atoms with Gasteiger partial charge in [-0.1, -0.05) is 13.8 Å². The van der Waals surface area contributed by atoms with Crippen LogP contribution in [0.25, 0.3) is 6.08 Å². The lowest BCUT2D eigenvalue weighted by Crippen LogP contribution is -2.39. The van der Waals surface area contributed by atoms with Gasteiger partial charge in [0.05, 0.1) is 6.42 Å². The number of aryl methyl sites for hydroxylation is 1. The van der Waals surface area contributed by atoms with Crippen LogP contribution in [-0.2, 0) is 9.59 Å². The van der Waals surface area contributed by atoms with Crippen molar-refractivity contribution >= 4 is 18.0 Å². The Morgan fingerprint density at radius 2 is 2.11 bits per heavy atom.